The van der Waals surface area contributed by atoms with Crippen molar-refractivity contribution in [3.8, 4) is 17.2 Å². The van der Waals surface area contributed by atoms with Crippen LogP contribution in [0.5, 0.6) is 0 Å². The molecular weight excluding hydrogens is 612 g/mol. The second kappa shape index (κ2) is 13.8. The van der Waals surface area contributed by atoms with Crippen molar-refractivity contribution in [2.24, 2.45) is 0 Å². The van der Waals surface area contributed by atoms with Crippen molar-refractivity contribution in [1.29, 1.82) is 5.26 Å². The van der Waals surface area contributed by atoms with Gasteiger partial charge in [0.15, 0.2) is 24.5 Å². The molecule has 1 saturated heterocycles. The van der Waals surface area contributed by atoms with Crippen LogP contribution in [0.1, 0.15) is 63.6 Å². The average molecular weight is 647 g/mol. The van der Waals surface area contributed by atoms with Crippen LogP contribution in [0.4, 0.5) is 0 Å². The molecule has 11 nitrogen and oxygen atoms in total. The highest BCUT2D eigenvalue weighted by atomic mass is 32.1. The molecule has 2 aliphatic rings. The first-order valence-electron chi connectivity index (χ1n) is 15.0. The molecule has 5 atom stereocenters. The van der Waals surface area contributed by atoms with Crippen LogP contribution in [0, 0.1) is 16.0 Å². The maximum atomic E-state index is 12.5. The van der Waals surface area contributed by atoms with Gasteiger partial charge in [-0.25, -0.2) is 0 Å². The number of fused-ring (bicyclic) bond motifs is 2. The second-order valence-corrected chi connectivity index (χ2v) is 11.7. The van der Waals surface area contributed by atoms with Crippen molar-refractivity contribution >= 4 is 46.9 Å². The zero-order valence-corrected chi connectivity index (χ0v) is 26.8. The molecule has 0 bridgehead atoms. The first-order chi connectivity index (χ1) is 22.0. The summed E-state index contributed by atoms with van der Waals surface area (Å²) >= 11 is 6.05. The second-order valence-electron chi connectivity index (χ2n) is 11.3. The Morgan fingerprint density at radius 2 is 1.50 bits per heavy atom. The Balaban J connectivity index is 1.78. The van der Waals surface area contributed by atoms with E-state index < -0.39 is 54.5 Å². The summed E-state index contributed by atoms with van der Waals surface area (Å²) in [7, 11) is 0. The fraction of sp³-hybridized carbons (Fsp3) is 0.412. The molecule has 240 valence electrons. The molecule has 1 aliphatic heterocycles. The Morgan fingerprint density at radius 1 is 0.870 bits per heavy atom. The molecule has 5 unspecified atom stereocenters. The smallest absolute Gasteiger partial charge is 0.303 e. The van der Waals surface area contributed by atoms with Gasteiger partial charge in [-0.15, -0.1) is 0 Å². The van der Waals surface area contributed by atoms with Crippen LogP contribution in [-0.4, -0.2) is 59.5 Å². The van der Waals surface area contributed by atoms with E-state index in [1.165, 1.54) is 27.7 Å². The fourth-order valence-electron chi connectivity index (χ4n) is 6.45. The number of rotatable bonds is 7. The number of nitrogens with zero attached hydrogens (tertiary/aromatic N) is 2. The van der Waals surface area contributed by atoms with E-state index in [0.717, 1.165) is 46.0 Å². The Bertz CT molecular complexity index is 1810. The van der Waals surface area contributed by atoms with E-state index in [9.17, 15) is 24.4 Å². The highest BCUT2D eigenvalue weighted by Gasteiger charge is 2.53. The first-order valence-corrected chi connectivity index (χ1v) is 15.4. The van der Waals surface area contributed by atoms with Gasteiger partial charge < -0.3 is 28.3 Å². The third-order valence-electron chi connectivity index (χ3n) is 8.11. The number of esters is 4. The summed E-state index contributed by atoms with van der Waals surface area (Å²) in [5.74, 6) is -2.79. The Labute approximate surface area is 270 Å². The molecule has 0 saturated carbocycles. The lowest BCUT2D eigenvalue weighted by Gasteiger charge is -2.46. The maximum absolute atomic E-state index is 12.5. The highest BCUT2D eigenvalue weighted by Crippen LogP contribution is 2.42. The van der Waals surface area contributed by atoms with Gasteiger partial charge in [-0.05, 0) is 47.6 Å². The molecule has 0 amide bonds. The number of nitriles is 1. The number of benzene rings is 2. The lowest BCUT2D eigenvalue weighted by molar-refractivity contribution is -0.269. The van der Waals surface area contributed by atoms with Crippen LogP contribution in [-0.2, 0) is 55.7 Å². The van der Waals surface area contributed by atoms with Gasteiger partial charge in [0.1, 0.15) is 23.4 Å². The third kappa shape index (κ3) is 6.52. The first kappa shape index (κ1) is 32.8. The van der Waals surface area contributed by atoms with Crippen molar-refractivity contribution in [2.75, 3.05) is 6.61 Å². The molecule has 1 aliphatic carbocycles. The minimum atomic E-state index is -1.37. The van der Waals surface area contributed by atoms with Gasteiger partial charge >= 0.3 is 23.9 Å². The molecule has 12 heteroatoms. The standard InChI is InChI=1S/C34H34N2O9S/c1-18(37)41-17-28-30(42-19(2)38)31(43-20(3)39)32(44-21(4)40)33(45-28)36-27-15-8-7-13-25(27)29(26(16-35)34(36)46)24-14-9-11-22-10-5-6-12-23(22)24/h5-6,9-12,14,28,30-33H,7-8,13,15,17H2,1-4H3. The van der Waals surface area contributed by atoms with Crippen molar-refractivity contribution in [3.05, 3.63) is 63.9 Å². The van der Waals surface area contributed by atoms with E-state index in [2.05, 4.69) is 6.07 Å². The molecule has 46 heavy (non-hydrogen) atoms. The van der Waals surface area contributed by atoms with E-state index >= 15 is 0 Å². The van der Waals surface area contributed by atoms with Crippen LogP contribution in [0.25, 0.3) is 21.9 Å². The number of ether oxygens (including phenoxy) is 5. The van der Waals surface area contributed by atoms with Crippen LogP contribution in [0.15, 0.2) is 42.5 Å². The number of carbonyl (C=O) groups is 4. The van der Waals surface area contributed by atoms with Gasteiger partial charge in [-0.3, -0.25) is 19.2 Å². The molecule has 0 spiro atoms. The number of aromatic nitrogens is 1. The van der Waals surface area contributed by atoms with Gasteiger partial charge in [0, 0.05) is 39.0 Å². The lowest BCUT2D eigenvalue weighted by Crippen LogP contribution is -2.61. The molecule has 0 N–H and O–H groups in total. The Morgan fingerprint density at radius 3 is 2.17 bits per heavy atom. The van der Waals surface area contributed by atoms with Gasteiger partial charge in [-0.2, -0.15) is 5.26 Å². The summed E-state index contributed by atoms with van der Waals surface area (Å²) in [6, 6.07) is 16.2. The van der Waals surface area contributed by atoms with Gasteiger partial charge in [0.05, 0.1) is 5.56 Å². The highest BCUT2D eigenvalue weighted by molar-refractivity contribution is 7.71. The van der Waals surface area contributed by atoms with Crippen molar-refractivity contribution in [2.45, 2.75) is 84.0 Å². The molecule has 0 radical (unpaired) electrons. The van der Waals surface area contributed by atoms with Crippen molar-refractivity contribution in [1.82, 2.24) is 4.57 Å². The predicted molar refractivity (Wildman–Crippen MR) is 167 cm³/mol. The Hall–Kier alpha value is -4.60. The van der Waals surface area contributed by atoms with Gasteiger partial charge in [-0.1, -0.05) is 54.7 Å². The molecular formula is C34H34N2O9S. The number of hydrogen-bond donors (Lipinski definition) is 0. The molecule has 1 aromatic heterocycles. The number of pyridine rings is 1. The molecule has 3 aromatic rings. The van der Waals surface area contributed by atoms with Crippen LogP contribution in [0.2, 0.25) is 0 Å². The Kier molecular flexibility index (Phi) is 9.84. The van der Waals surface area contributed by atoms with E-state index in [0.29, 0.717) is 12.8 Å². The summed E-state index contributed by atoms with van der Waals surface area (Å²) in [4.78, 5) is 49.0. The molecule has 5 rings (SSSR count). The maximum Gasteiger partial charge on any atom is 0.303 e. The summed E-state index contributed by atoms with van der Waals surface area (Å²) in [6.45, 7) is 4.36. The van der Waals surface area contributed by atoms with E-state index in [1.54, 1.807) is 4.57 Å². The van der Waals surface area contributed by atoms with E-state index in [4.69, 9.17) is 35.9 Å². The monoisotopic (exact) mass is 646 g/mol. The quantitative estimate of drug-likeness (QED) is 0.193. The minimum absolute atomic E-state index is 0.131. The normalized spacial score (nSPS) is 22.2. The van der Waals surface area contributed by atoms with Crippen molar-refractivity contribution in [3.63, 3.8) is 0 Å². The summed E-state index contributed by atoms with van der Waals surface area (Å²) in [5.41, 5.74) is 3.52. The van der Waals surface area contributed by atoms with Crippen molar-refractivity contribution < 1.29 is 42.9 Å². The average Bonchev–Trinajstić information content (AvgIpc) is 3.01. The zero-order valence-electron chi connectivity index (χ0n) is 25.9. The summed E-state index contributed by atoms with van der Waals surface area (Å²) < 4.78 is 30.5. The van der Waals surface area contributed by atoms with Crippen LogP contribution < -0.4 is 0 Å². The topological polar surface area (TPSA) is 143 Å². The van der Waals surface area contributed by atoms with Gasteiger partial charge in [0.25, 0.3) is 0 Å². The fourth-order valence-corrected chi connectivity index (χ4v) is 6.81. The minimum Gasteiger partial charge on any atom is -0.463 e. The molecule has 2 heterocycles. The lowest BCUT2D eigenvalue weighted by atomic mass is 9.84. The zero-order chi connectivity index (χ0) is 33.1. The SMILES string of the molecule is CC(=O)OCC1OC(n2c3c(c(-c4cccc5ccccc45)c(C#N)c2=S)CCCC3)C(OC(C)=O)C(OC(C)=O)C1OC(C)=O. The summed E-state index contributed by atoms with van der Waals surface area (Å²) in [6.07, 6.45) is -3.54. The van der Waals surface area contributed by atoms with Crippen LogP contribution >= 0.6 is 12.2 Å². The van der Waals surface area contributed by atoms with E-state index in [-0.39, 0.29) is 16.8 Å². The molecule has 1 fully saturated rings. The number of hydrogen-bond acceptors (Lipinski definition) is 11. The van der Waals surface area contributed by atoms with Gasteiger partial charge in [0.2, 0.25) is 0 Å². The van der Waals surface area contributed by atoms with Crippen LogP contribution in [0.3, 0.4) is 0 Å². The predicted octanol–water partition coefficient (Wildman–Crippen LogP) is 5.04. The molecule has 2 aromatic carbocycles. The largest absolute Gasteiger partial charge is 0.463 e. The summed E-state index contributed by atoms with van der Waals surface area (Å²) in [5, 5.41) is 12.6. The third-order valence-corrected chi connectivity index (χ3v) is 8.51. The van der Waals surface area contributed by atoms with E-state index in [1.807, 2.05) is 42.5 Å². The number of carbonyl (C=O) groups excluding carboxylic acids is 4.